The molecule has 0 aromatic carbocycles. The topological polar surface area (TPSA) is 42.9 Å². The second kappa shape index (κ2) is 5.17. The summed E-state index contributed by atoms with van der Waals surface area (Å²) in [6, 6.07) is 0. The van der Waals surface area contributed by atoms with Crippen molar-refractivity contribution in [2.45, 2.75) is 28.7 Å². The first-order valence-corrected chi connectivity index (χ1v) is 17.8. The van der Waals surface area contributed by atoms with Crippen molar-refractivity contribution >= 4 is 34.7 Å². The first kappa shape index (κ1) is 14.2. The molecule has 1 heterocycles. The van der Waals surface area contributed by atoms with Gasteiger partial charge < -0.3 is 0 Å². The second-order valence-corrected chi connectivity index (χ2v) is 23.0. The van der Waals surface area contributed by atoms with E-state index < -0.39 is 25.5 Å². The summed E-state index contributed by atoms with van der Waals surface area (Å²) in [6.07, 6.45) is 5.11. The van der Waals surface area contributed by atoms with Gasteiger partial charge >= 0.3 is 103 Å². The van der Waals surface area contributed by atoms with E-state index in [9.17, 15) is 4.57 Å². The average molecular weight is 347 g/mol. The van der Waals surface area contributed by atoms with Crippen molar-refractivity contribution in [3.8, 4) is 0 Å². The number of rotatable bonds is 4. The molecule has 1 rings (SSSR count). The van der Waals surface area contributed by atoms with Gasteiger partial charge in [-0.15, -0.1) is 0 Å². The molecule has 0 fully saturated rings. The molecule has 0 unspecified atom stereocenters. The summed E-state index contributed by atoms with van der Waals surface area (Å²) in [4.78, 5) is 15.7. The van der Waals surface area contributed by atoms with Crippen LogP contribution >= 0.6 is 7.14 Å². The fraction of sp³-hybridized carbons (Fsp3) is 0.636. The van der Waals surface area contributed by atoms with E-state index in [1.165, 1.54) is 3.58 Å². The van der Waals surface area contributed by atoms with Gasteiger partial charge in [0, 0.05) is 0 Å². The van der Waals surface area contributed by atoms with Crippen molar-refractivity contribution in [2.24, 2.45) is 0 Å². The molecular weight excluding hydrogens is 326 g/mol. The third kappa shape index (κ3) is 3.07. The predicted octanol–water partition coefficient (Wildman–Crippen LogP) is 2.05. The van der Waals surface area contributed by atoms with E-state index in [1.807, 2.05) is 26.2 Å². The van der Waals surface area contributed by atoms with E-state index in [2.05, 4.69) is 24.8 Å². The van der Waals surface area contributed by atoms with Crippen LogP contribution < -0.4 is 9.14 Å². The molecule has 5 heteroatoms. The number of hydrogen-bond acceptors (Lipinski definition) is 3. The van der Waals surface area contributed by atoms with E-state index in [-0.39, 0.29) is 0 Å². The first-order valence-electron chi connectivity index (χ1n) is 5.74. The minimum absolute atomic E-state index is 0.566. The molecule has 0 N–H and O–H groups in total. The van der Waals surface area contributed by atoms with E-state index in [0.29, 0.717) is 17.9 Å². The maximum absolute atomic E-state index is 12.4. The van der Waals surface area contributed by atoms with Gasteiger partial charge in [0.25, 0.3) is 0 Å². The average Bonchev–Trinajstić information content (AvgIpc) is 2.27. The van der Waals surface area contributed by atoms with Gasteiger partial charge in [-0.1, -0.05) is 0 Å². The van der Waals surface area contributed by atoms with Gasteiger partial charge in [0.2, 0.25) is 0 Å². The van der Waals surface area contributed by atoms with Crippen LogP contribution in [0.4, 0.5) is 0 Å². The molecule has 0 radical (unpaired) electrons. The van der Waals surface area contributed by atoms with E-state index in [0.717, 1.165) is 0 Å². The molecule has 0 saturated carbocycles. The number of aromatic nitrogens is 2. The summed E-state index contributed by atoms with van der Waals surface area (Å²) in [5.41, 5.74) is 0.566. The molecular formula is C11H21N2OPSn. The molecule has 0 saturated heterocycles. The molecule has 3 nitrogen and oxygen atoms in total. The zero-order chi connectivity index (χ0) is 12.4. The molecule has 0 aliphatic rings. The zero-order valence-corrected chi connectivity index (χ0v) is 14.6. The van der Waals surface area contributed by atoms with Crippen LogP contribution in [0, 0.1) is 0 Å². The molecule has 90 valence electrons. The molecule has 1 aromatic heterocycles. The van der Waals surface area contributed by atoms with Crippen LogP contribution in [0.2, 0.25) is 14.8 Å². The van der Waals surface area contributed by atoms with Gasteiger partial charge in [-0.25, -0.2) is 0 Å². The molecule has 0 aliphatic carbocycles. The van der Waals surface area contributed by atoms with Gasteiger partial charge in [-0.3, -0.25) is 0 Å². The Kier molecular flexibility index (Phi) is 4.58. The molecule has 0 spiro atoms. The first-order chi connectivity index (χ1) is 7.33. The Morgan fingerprint density at radius 3 is 1.88 bits per heavy atom. The van der Waals surface area contributed by atoms with Crippen molar-refractivity contribution in [1.29, 1.82) is 0 Å². The van der Waals surface area contributed by atoms with Crippen molar-refractivity contribution in [1.82, 2.24) is 9.97 Å². The Labute approximate surface area is 102 Å². The SMILES string of the molecule is CCP(=O)(CC)c1nc[c]([Sn]([CH3])([CH3])[CH3])cn1. The Morgan fingerprint density at radius 2 is 1.56 bits per heavy atom. The normalized spacial score (nSPS) is 12.8. The van der Waals surface area contributed by atoms with Crippen LogP contribution in [0.5, 0.6) is 0 Å². The molecule has 1 aromatic rings. The standard InChI is InChI=1S/C8H12N2OP.3CH3.Sn/c1-3-12(11,4-2)8-9-6-5-7-10-8;;;;/h6-7H,3-4H2,1-2H3;3*1H3;. The van der Waals surface area contributed by atoms with Gasteiger partial charge in [0.05, 0.1) is 0 Å². The number of hydrogen-bond donors (Lipinski definition) is 0. The Hall–Kier alpha value is 0.109. The zero-order valence-electron chi connectivity index (χ0n) is 10.8. The molecule has 0 aliphatic heterocycles. The van der Waals surface area contributed by atoms with Crippen LogP contribution in [-0.2, 0) is 4.57 Å². The third-order valence-electron chi connectivity index (χ3n) is 2.89. The summed E-state index contributed by atoms with van der Waals surface area (Å²) >= 11 is -2.06. The van der Waals surface area contributed by atoms with Gasteiger partial charge in [0.15, 0.2) is 0 Å². The molecule has 0 amide bonds. The van der Waals surface area contributed by atoms with Crippen LogP contribution in [-0.4, -0.2) is 40.7 Å². The van der Waals surface area contributed by atoms with Crippen molar-refractivity contribution < 1.29 is 4.57 Å². The summed E-state index contributed by atoms with van der Waals surface area (Å²) < 4.78 is 13.7. The number of nitrogens with zero attached hydrogens (tertiary/aromatic N) is 2. The second-order valence-electron chi connectivity index (χ2n) is 5.04. The van der Waals surface area contributed by atoms with Gasteiger partial charge in [-0.05, 0) is 0 Å². The summed E-state index contributed by atoms with van der Waals surface area (Å²) in [5, 5.41) is 0. The monoisotopic (exact) mass is 348 g/mol. The van der Waals surface area contributed by atoms with Gasteiger partial charge in [-0.2, -0.15) is 0 Å². The predicted molar refractivity (Wildman–Crippen MR) is 73.3 cm³/mol. The van der Waals surface area contributed by atoms with E-state index in [1.54, 1.807) is 0 Å². The summed E-state index contributed by atoms with van der Waals surface area (Å²) in [5.74, 6) is 0. The molecule has 0 bridgehead atoms. The molecule has 16 heavy (non-hydrogen) atoms. The quantitative estimate of drug-likeness (QED) is 0.619. The van der Waals surface area contributed by atoms with Crippen LogP contribution in [0.3, 0.4) is 0 Å². The fourth-order valence-electron chi connectivity index (χ4n) is 1.43. The Morgan fingerprint density at radius 1 is 1.12 bits per heavy atom. The minimum atomic E-state index is -2.30. The van der Waals surface area contributed by atoms with Crippen molar-refractivity contribution in [2.75, 3.05) is 12.3 Å². The van der Waals surface area contributed by atoms with Crippen molar-refractivity contribution in [3.05, 3.63) is 12.4 Å². The van der Waals surface area contributed by atoms with Gasteiger partial charge in [0.1, 0.15) is 0 Å². The Balaban J connectivity index is 3.09. The summed E-state index contributed by atoms with van der Waals surface area (Å²) in [7, 11) is -2.30. The molecule has 0 atom stereocenters. The van der Waals surface area contributed by atoms with Crippen LogP contribution in [0.1, 0.15) is 13.8 Å². The third-order valence-corrected chi connectivity index (χ3v) is 11.6. The maximum atomic E-state index is 12.4. The Bertz CT molecular complexity index is 389. The summed E-state index contributed by atoms with van der Waals surface area (Å²) in [6.45, 7) is 3.90. The van der Waals surface area contributed by atoms with E-state index >= 15 is 0 Å². The fourth-order valence-corrected chi connectivity index (χ4v) is 5.55. The van der Waals surface area contributed by atoms with Crippen LogP contribution in [0.25, 0.3) is 0 Å². The van der Waals surface area contributed by atoms with E-state index in [4.69, 9.17) is 0 Å². The van der Waals surface area contributed by atoms with Crippen molar-refractivity contribution in [3.63, 3.8) is 0 Å². The van der Waals surface area contributed by atoms with Crippen LogP contribution in [0.15, 0.2) is 12.4 Å².